The van der Waals surface area contributed by atoms with Crippen molar-refractivity contribution in [2.24, 2.45) is 0 Å². The third kappa shape index (κ3) is 2.98. The number of fused-ring (bicyclic) bond motifs is 1. The maximum absolute atomic E-state index is 6.01. The topological polar surface area (TPSA) is 52.0 Å². The van der Waals surface area contributed by atoms with E-state index in [9.17, 15) is 0 Å². The second-order valence-corrected chi connectivity index (χ2v) is 6.09. The lowest BCUT2D eigenvalue weighted by molar-refractivity contribution is 0.333. The zero-order valence-electron chi connectivity index (χ0n) is 13.7. The first-order valence-electron chi connectivity index (χ1n) is 8.12. The van der Waals surface area contributed by atoms with Crippen LogP contribution in [0, 0.1) is 0 Å². The highest BCUT2D eigenvalue weighted by Gasteiger charge is 2.25. The van der Waals surface area contributed by atoms with Crippen molar-refractivity contribution in [2.45, 2.75) is 13.0 Å². The van der Waals surface area contributed by atoms with Gasteiger partial charge in [0.25, 0.3) is 0 Å². The van der Waals surface area contributed by atoms with E-state index >= 15 is 0 Å². The zero-order valence-corrected chi connectivity index (χ0v) is 14.4. The Balaban J connectivity index is 1.81. The maximum Gasteiger partial charge on any atom is 0.226 e. The summed E-state index contributed by atoms with van der Waals surface area (Å²) in [6.07, 6.45) is 3.68. The van der Waals surface area contributed by atoms with E-state index in [0.717, 1.165) is 22.6 Å². The van der Waals surface area contributed by atoms with Crippen LogP contribution in [0.4, 0.5) is 5.95 Å². The fourth-order valence-corrected chi connectivity index (χ4v) is 3.09. The average Bonchev–Trinajstić information content (AvgIpc) is 3.11. The van der Waals surface area contributed by atoms with Crippen LogP contribution in [-0.2, 0) is 0 Å². The first-order valence-corrected chi connectivity index (χ1v) is 8.50. The van der Waals surface area contributed by atoms with Gasteiger partial charge in [-0.1, -0.05) is 41.9 Å². The normalized spacial score (nSPS) is 15.9. The molecular weight excluding hydrogens is 336 g/mol. The highest BCUT2D eigenvalue weighted by molar-refractivity contribution is 6.30. The fourth-order valence-electron chi connectivity index (χ4n) is 2.96. The first-order chi connectivity index (χ1) is 12.3. The van der Waals surface area contributed by atoms with Crippen molar-refractivity contribution in [1.29, 1.82) is 0 Å². The van der Waals surface area contributed by atoms with E-state index in [1.165, 1.54) is 0 Å². The molecule has 0 saturated carbocycles. The molecule has 25 heavy (non-hydrogen) atoms. The Morgan fingerprint density at radius 3 is 2.76 bits per heavy atom. The largest absolute Gasteiger partial charge is 0.494 e. The fraction of sp³-hybridized carbons (Fsp3) is 0.158. The average molecular weight is 353 g/mol. The molecule has 1 aromatic heterocycles. The molecule has 3 aromatic rings. The molecule has 0 unspecified atom stereocenters. The number of nitrogens with one attached hydrogen (secondary N) is 1. The summed E-state index contributed by atoms with van der Waals surface area (Å²) in [6.45, 7) is 2.59. The number of benzene rings is 2. The van der Waals surface area contributed by atoms with Crippen LogP contribution in [0.3, 0.4) is 0 Å². The molecular formula is C19H17ClN4O. The van der Waals surface area contributed by atoms with E-state index in [1.54, 1.807) is 6.33 Å². The van der Waals surface area contributed by atoms with Crippen LogP contribution in [0.15, 0.2) is 60.9 Å². The van der Waals surface area contributed by atoms with Crippen molar-refractivity contribution in [1.82, 2.24) is 14.8 Å². The molecule has 0 radical (unpaired) electrons. The van der Waals surface area contributed by atoms with Crippen LogP contribution in [0.2, 0.25) is 5.02 Å². The lowest BCUT2D eigenvalue weighted by Crippen LogP contribution is -2.20. The SMILES string of the molecule is CCOc1ccccc1[C@H]1C=C(c2ccc(Cl)cc2)Nc2ncnn21. The molecule has 1 atom stereocenters. The molecule has 0 spiro atoms. The Bertz CT molecular complexity index is 917. The summed E-state index contributed by atoms with van der Waals surface area (Å²) in [5.41, 5.74) is 3.05. The van der Waals surface area contributed by atoms with Gasteiger partial charge in [0.15, 0.2) is 0 Å². The van der Waals surface area contributed by atoms with Crippen molar-refractivity contribution in [2.75, 3.05) is 11.9 Å². The molecule has 0 saturated heterocycles. The summed E-state index contributed by atoms with van der Waals surface area (Å²) < 4.78 is 7.67. The van der Waals surface area contributed by atoms with E-state index in [2.05, 4.69) is 27.5 Å². The van der Waals surface area contributed by atoms with E-state index in [-0.39, 0.29) is 6.04 Å². The second kappa shape index (κ2) is 6.61. The van der Waals surface area contributed by atoms with Crippen LogP contribution in [0.1, 0.15) is 24.1 Å². The van der Waals surface area contributed by atoms with Gasteiger partial charge in [0, 0.05) is 16.3 Å². The predicted molar refractivity (Wildman–Crippen MR) is 98.8 cm³/mol. The minimum absolute atomic E-state index is 0.104. The number of para-hydroxylation sites is 1. The molecule has 1 N–H and O–H groups in total. The summed E-state index contributed by atoms with van der Waals surface area (Å²) >= 11 is 6.01. The Morgan fingerprint density at radius 2 is 1.96 bits per heavy atom. The van der Waals surface area contributed by atoms with Crippen molar-refractivity contribution in [3.63, 3.8) is 0 Å². The van der Waals surface area contributed by atoms with Crippen LogP contribution >= 0.6 is 11.6 Å². The summed E-state index contributed by atoms with van der Waals surface area (Å²) in [5, 5.41) is 8.42. The number of anilines is 1. The van der Waals surface area contributed by atoms with Gasteiger partial charge in [0.1, 0.15) is 18.1 Å². The van der Waals surface area contributed by atoms with E-state index in [0.29, 0.717) is 17.6 Å². The number of rotatable bonds is 4. The van der Waals surface area contributed by atoms with Crippen molar-refractivity contribution in [3.05, 3.63) is 77.1 Å². The maximum atomic E-state index is 6.01. The standard InChI is InChI=1S/C19H17ClN4O/c1-2-25-18-6-4-3-5-15(18)17-11-16(13-7-9-14(20)10-8-13)23-19-21-12-22-24(17)19/h3-12,17H,2H2,1H3,(H,21,22,23)/t17-/m1/s1. The van der Waals surface area contributed by atoms with Crippen molar-refractivity contribution < 1.29 is 4.74 Å². The van der Waals surface area contributed by atoms with E-state index in [4.69, 9.17) is 16.3 Å². The summed E-state index contributed by atoms with van der Waals surface area (Å²) in [5.74, 6) is 1.55. The molecule has 0 bridgehead atoms. The van der Waals surface area contributed by atoms with Gasteiger partial charge in [-0.25, -0.2) is 4.68 Å². The Labute approximate surface area is 150 Å². The molecule has 5 nitrogen and oxygen atoms in total. The predicted octanol–water partition coefficient (Wildman–Crippen LogP) is 4.39. The molecule has 2 heterocycles. The van der Waals surface area contributed by atoms with Gasteiger partial charge in [0.05, 0.1) is 6.61 Å². The van der Waals surface area contributed by atoms with E-state index in [1.807, 2.05) is 54.1 Å². The summed E-state index contributed by atoms with van der Waals surface area (Å²) in [6, 6.07) is 15.6. The molecule has 1 aliphatic heterocycles. The monoisotopic (exact) mass is 352 g/mol. The van der Waals surface area contributed by atoms with Crippen LogP contribution in [0.5, 0.6) is 5.75 Å². The Morgan fingerprint density at radius 1 is 1.16 bits per heavy atom. The van der Waals surface area contributed by atoms with Crippen LogP contribution in [0.25, 0.3) is 5.70 Å². The Hall–Kier alpha value is -2.79. The van der Waals surface area contributed by atoms with Crippen LogP contribution < -0.4 is 10.1 Å². The van der Waals surface area contributed by atoms with Crippen LogP contribution in [-0.4, -0.2) is 21.4 Å². The molecule has 2 aromatic carbocycles. The van der Waals surface area contributed by atoms with Gasteiger partial charge in [-0.2, -0.15) is 10.1 Å². The number of ether oxygens (including phenoxy) is 1. The number of allylic oxidation sites excluding steroid dienone is 1. The van der Waals surface area contributed by atoms with Gasteiger partial charge in [-0.05, 0) is 36.8 Å². The number of hydrogen-bond donors (Lipinski definition) is 1. The highest BCUT2D eigenvalue weighted by Crippen LogP contribution is 2.36. The highest BCUT2D eigenvalue weighted by atomic mass is 35.5. The van der Waals surface area contributed by atoms with Gasteiger partial charge in [-0.15, -0.1) is 0 Å². The summed E-state index contributed by atoms with van der Waals surface area (Å²) in [7, 11) is 0. The minimum Gasteiger partial charge on any atom is -0.494 e. The molecule has 0 aliphatic carbocycles. The lowest BCUT2D eigenvalue weighted by atomic mass is 10.0. The number of halogens is 1. The third-order valence-corrected chi connectivity index (χ3v) is 4.35. The number of hydrogen-bond acceptors (Lipinski definition) is 4. The quantitative estimate of drug-likeness (QED) is 0.756. The smallest absolute Gasteiger partial charge is 0.226 e. The molecule has 126 valence electrons. The van der Waals surface area contributed by atoms with E-state index < -0.39 is 0 Å². The molecule has 4 rings (SSSR count). The second-order valence-electron chi connectivity index (χ2n) is 5.66. The number of nitrogens with zero attached hydrogens (tertiary/aromatic N) is 3. The first kappa shape index (κ1) is 15.7. The van der Waals surface area contributed by atoms with Gasteiger partial charge in [-0.3, -0.25) is 0 Å². The molecule has 1 aliphatic rings. The third-order valence-electron chi connectivity index (χ3n) is 4.10. The van der Waals surface area contributed by atoms with Gasteiger partial charge < -0.3 is 10.1 Å². The lowest BCUT2D eigenvalue weighted by Gasteiger charge is -2.25. The Kier molecular flexibility index (Phi) is 4.15. The number of aromatic nitrogens is 3. The van der Waals surface area contributed by atoms with Gasteiger partial charge >= 0.3 is 0 Å². The van der Waals surface area contributed by atoms with Crippen molar-refractivity contribution >= 4 is 23.2 Å². The zero-order chi connectivity index (χ0) is 17.2. The molecule has 6 heteroatoms. The van der Waals surface area contributed by atoms with Gasteiger partial charge in [0.2, 0.25) is 5.95 Å². The minimum atomic E-state index is -0.104. The molecule has 0 amide bonds. The summed E-state index contributed by atoms with van der Waals surface area (Å²) in [4.78, 5) is 4.33. The molecule has 0 fully saturated rings. The van der Waals surface area contributed by atoms with Crippen molar-refractivity contribution in [3.8, 4) is 5.75 Å².